The summed E-state index contributed by atoms with van der Waals surface area (Å²) in [7, 11) is 0. The van der Waals surface area contributed by atoms with E-state index < -0.39 is 50.0 Å². The van der Waals surface area contributed by atoms with Gasteiger partial charge < -0.3 is 4.90 Å². The van der Waals surface area contributed by atoms with Crippen LogP contribution in [0.15, 0.2) is 36.4 Å². The Kier molecular flexibility index (Phi) is 6.07. The second-order valence-electron chi connectivity index (χ2n) is 5.52. The summed E-state index contributed by atoms with van der Waals surface area (Å²) in [5.74, 6) is -0.779. The van der Waals surface area contributed by atoms with Gasteiger partial charge in [0.05, 0.1) is 15.4 Å². The number of nitro groups is 2. The zero-order chi connectivity index (χ0) is 21.2. The van der Waals surface area contributed by atoms with Gasteiger partial charge in [0.2, 0.25) is 0 Å². The second-order valence-corrected chi connectivity index (χ2v) is 5.93. The van der Waals surface area contributed by atoms with Crippen LogP contribution in [-0.2, 0) is 6.18 Å². The molecule has 2 rings (SSSR count). The molecule has 28 heavy (non-hydrogen) atoms. The third-order valence-corrected chi connectivity index (χ3v) is 4.32. The second kappa shape index (κ2) is 7.97. The maximum atomic E-state index is 14.1. The number of nitrogens with zero attached hydrogens (tertiary/aromatic N) is 3. The Labute approximate surface area is 160 Å². The zero-order valence-electron chi connectivity index (χ0n) is 14.1. The third-order valence-electron chi connectivity index (χ3n) is 3.85. The number of hydrogen-bond donors (Lipinski definition) is 0. The summed E-state index contributed by atoms with van der Waals surface area (Å²) >= 11 is 6.21. The fraction of sp³-hybridized carbons (Fsp3) is 0.250. The van der Waals surface area contributed by atoms with Crippen LogP contribution in [0.4, 0.5) is 34.6 Å². The van der Waals surface area contributed by atoms with E-state index in [1.165, 1.54) is 25.1 Å². The lowest BCUT2D eigenvalue weighted by Gasteiger charge is -2.28. The highest BCUT2D eigenvalue weighted by Crippen LogP contribution is 2.46. The quantitative estimate of drug-likeness (QED) is 0.204. The number of benzene rings is 2. The van der Waals surface area contributed by atoms with Crippen LogP contribution in [0.1, 0.15) is 23.6 Å². The van der Waals surface area contributed by atoms with Crippen molar-refractivity contribution in [1.82, 2.24) is 0 Å². The molecule has 0 saturated heterocycles. The van der Waals surface area contributed by atoms with Gasteiger partial charge in [-0.3, -0.25) is 20.2 Å². The van der Waals surface area contributed by atoms with Gasteiger partial charge in [-0.2, -0.15) is 13.2 Å². The Morgan fingerprint density at radius 2 is 1.61 bits per heavy atom. The predicted molar refractivity (Wildman–Crippen MR) is 92.8 cm³/mol. The Bertz CT molecular complexity index is 888. The molecule has 2 aromatic rings. The van der Waals surface area contributed by atoms with E-state index in [0.717, 1.165) is 11.0 Å². The molecule has 0 aliphatic heterocycles. The topological polar surface area (TPSA) is 89.5 Å². The number of nitro benzene ring substituents is 2. The van der Waals surface area contributed by atoms with E-state index in [4.69, 9.17) is 11.6 Å². The highest BCUT2D eigenvalue weighted by Gasteiger charge is 2.40. The highest BCUT2D eigenvalue weighted by atomic mass is 35.5. The SMILES string of the molecule is CCN(c1c([N+](=O)[O-])cc(C(F)(F)F)cc1[N+](=O)[O-])C(Cl)c1ccccc1F. The largest absolute Gasteiger partial charge is 0.416 e. The molecular formula is C16H12ClF4N3O4. The van der Waals surface area contributed by atoms with Crippen molar-refractivity contribution < 1.29 is 27.4 Å². The maximum absolute atomic E-state index is 14.1. The van der Waals surface area contributed by atoms with E-state index in [9.17, 15) is 37.8 Å². The van der Waals surface area contributed by atoms with E-state index in [0.29, 0.717) is 0 Å². The summed E-state index contributed by atoms with van der Waals surface area (Å²) in [6.45, 7) is 1.23. The molecule has 1 unspecified atom stereocenters. The van der Waals surface area contributed by atoms with Crippen LogP contribution in [0.25, 0.3) is 0 Å². The molecule has 0 bridgehead atoms. The molecule has 0 fully saturated rings. The molecule has 7 nitrogen and oxygen atoms in total. The van der Waals surface area contributed by atoms with Gasteiger partial charge in [-0.1, -0.05) is 29.8 Å². The van der Waals surface area contributed by atoms with Crippen molar-refractivity contribution >= 4 is 28.7 Å². The highest BCUT2D eigenvalue weighted by molar-refractivity contribution is 6.22. The standard InChI is InChI=1S/C16H12ClF4N3O4/c1-2-22(15(17)10-5-3-4-6-11(10)18)14-12(23(25)26)7-9(16(19,20)21)8-13(14)24(27)28/h3-8,15H,2H2,1H3. The molecule has 0 amide bonds. The summed E-state index contributed by atoms with van der Waals surface area (Å²) in [6.07, 6.45) is -5.04. The van der Waals surface area contributed by atoms with E-state index in [1.807, 2.05) is 0 Å². The Morgan fingerprint density at radius 1 is 1.11 bits per heavy atom. The van der Waals surface area contributed by atoms with Gasteiger partial charge in [-0.15, -0.1) is 0 Å². The van der Waals surface area contributed by atoms with Gasteiger partial charge in [-0.25, -0.2) is 4.39 Å². The molecule has 0 radical (unpaired) electrons. The molecule has 0 spiro atoms. The lowest BCUT2D eigenvalue weighted by molar-refractivity contribution is -0.393. The Morgan fingerprint density at radius 3 is 2.00 bits per heavy atom. The van der Waals surface area contributed by atoms with Crippen molar-refractivity contribution in [3.63, 3.8) is 0 Å². The maximum Gasteiger partial charge on any atom is 0.416 e. The number of hydrogen-bond acceptors (Lipinski definition) is 5. The zero-order valence-corrected chi connectivity index (χ0v) is 14.9. The van der Waals surface area contributed by atoms with Crippen LogP contribution < -0.4 is 4.90 Å². The number of anilines is 1. The van der Waals surface area contributed by atoms with Crippen molar-refractivity contribution in [3.05, 3.63) is 73.6 Å². The summed E-state index contributed by atoms with van der Waals surface area (Å²) < 4.78 is 53.2. The smallest absolute Gasteiger partial charge is 0.340 e. The van der Waals surface area contributed by atoms with Gasteiger partial charge in [-0.05, 0) is 13.0 Å². The normalized spacial score (nSPS) is 12.5. The van der Waals surface area contributed by atoms with Crippen LogP contribution in [0.5, 0.6) is 0 Å². The van der Waals surface area contributed by atoms with Crippen LogP contribution in [0.3, 0.4) is 0 Å². The first-order chi connectivity index (χ1) is 13.0. The molecule has 0 saturated carbocycles. The molecule has 12 heteroatoms. The molecule has 1 atom stereocenters. The molecular weight excluding hydrogens is 410 g/mol. The van der Waals surface area contributed by atoms with Gasteiger partial charge >= 0.3 is 6.18 Å². The molecule has 0 aliphatic rings. The fourth-order valence-corrected chi connectivity index (χ4v) is 3.02. The molecule has 0 aromatic heterocycles. The van der Waals surface area contributed by atoms with Crippen molar-refractivity contribution in [3.8, 4) is 0 Å². The summed E-state index contributed by atoms with van der Waals surface area (Å²) in [5, 5.41) is 22.8. The van der Waals surface area contributed by atoms with E-state index >= 15 is 0 Å². The predicted octanol–water partition coefficient (Wildman–Crippen LogP) is 5.42. The number of alkyl halides is 4. The first-order valence-corrected chi connectivity index (χ1v) is 8.11. The molecule has 150 valence electrons. The lowest BCUT2D eigenvalue weighted by atomic mass is 10.1. The average molecular weight is 422 g/mol. The monoisotopic (exact) mass is 421 g/mol. The molecule has 0 N–H and O–H groups in total. The Hall–Kier alpha value is -2.95. The molecule has 2 aromatic carbocycles. The van der Waals surface area contributed by atoms with Crippen molar-refractivity contribution in [2.24, 2.45) is 0 Å². The minimum atomic E-state index is -5.04. The van der Waals surface area contributed by atoms with Crippen molar-refractivity contribution in [2.75, 3.05) is 11.4 Å². The first-order valence-electron chi connectivity index (χ1n) is 7.68. The fourth-order valence-electron chi connectivity index (χ4n) is 2.61. The molecule has 0 heterocycles. The average Bonchev–Trinajstić information content (AvgIpc) is 2.61. The van der Waals surface area contributed by atoms with Crippen LogP contribution in [-0.4, -0.2) is 16.4 Å². The number of halogens is 5. The third kappa shape index (κ3) is 4.14. The molecule has 0 aliphatic carbocycles. The van der Waals surface area contributed by atoms with E-state index in [1.54, 1.807) is 0 Å². The van der Waals surface area contributed by atoms with Gasteiger partial charge in [0.15, 0.2) is 5.69 Å². The number of rotatable bonds is 6. The van der Waals surface area contributed by atoms with Crippen LogP contribution >= 0.6 is 11.6 Å². The first kappa shape index (κ1) is 21.4. The van der Waals surface area contributed by atoms with Crippen molar-refractivity contribution in [2.45, 2.75) is 18.6 Å². The van der Waals surface area contributed by atoms with Crippen LogP contribution in [0, 0.1) is 26.0 Å². The van der Waals surface area contributed by atoms with Gasteiger partial charge in [0.1, 0.15) is 11.3 Å². The summed E-state index contributed by atoms with van der Waals surface area (Å²) in [6, 6.07) is 5.50. The van der Waals surface area contributed by atoms with Crippen molar-refractivity contribution in [1.29, 1.82) is 0 Å². The lowest BCUT2D eigenvalue weighted by Crippen LogP contribution is -2.27. The minimum absolute atomic E-state index is 0.144. The van der Waals surface area contributed by atoms with Gasteiger partial charge in [0, 0.05) is 24.2 Å². The summed E-state index contributed by atoms with van der Waals surface area (Å²) in [5.41, 5.74) is -6.21. The van der Waals surface area contributed by atoms with Gasteiger partial charge in [0.25, 0.3) is 11.4 Å². The van der Waals surface area contributed by atoms with Crippen LogP contribution in [0.2, 0.25) is 0 Å². The Balaban J connectivity index is 2.78. The minimum Gasteiger partial charge on any atom is -0.340 e. The van der Waals surface area contributed by atoms with E-state index in [-0.39, 0.29) is 24.2 Å². The summed E-state index contributed by atoms with van der Waals surface area (Å²) in [4.78, 5) is 21.3. The van der Waals surface area contributed by atoms with E-state index in [2.05, 4.69) is 0 Å².